The van der Waals surface area contributed by atoms with Crippen LogP contribution in [0.25, 0.3) is 0 Å². The number of rotatable bonds is 6. The van der Waals surface area contributed by atoms with Crippen molar-refractivity contribution in [2.45, 2.75) is 4.90 Å². The first kappa shape index (κ1) is 17.0. The topological polar surface area (TPSA) is 74.3 Å². The first-order chi connectivity index (χ1) is 10.0. The summed E-state index contributed by atoms with van der Waals surface area (Å²) >= 11 is 5.19. The molecule has 0 aromatic carbocycles. The van der Waals surface area contributed by atoms with Crippen LogP contribution in [-0.4, -0.2) is 63.0 Å². The zero-order chi connectivity index (χ0) is 15.3. The molecule has 2 heterocycles. The Bertz CT molecular complexity index is 577. The molecule has 1 aliphatic rings. The van der Waals surface area contributed by atoms with Gasteiger partial charge >= 0.3 is 0 Å². The van der Waals surface area contributed by atoms with Gasteiger partial charge in [-0.25, -0.2) is 18.1 Å². The minimum Gasteiger partial charge on any atom is -0.372 e. The molecule has 2 N–H and O–H groups in total. The quantitative estimate of drug-likeness (QED) is 0.755. The van der Waals surface area contributed by atoms with E-state index in [4.69, 9.17) is 0 Å². The van der Waals surface area contributed by atoms with Gasteiger partial charge in [0.05, 0.1) is 0 Å². The average molecular weight is 395 g/mol. The molecule has 0 bridgehead atoms. The van der Waals surface area contributed by atoms with Crippen molar-refractivity contribution < 1.29 is 8.42 Å². The highest BCUT2D eigenvalue weighted by Crippen LogP contribution is 2.22. The van der Waals surface area contributed by atoms with Crippen LogP contribution in [0.3, 0.4) is 0 Å². The number of nitrogens with one attached hydrogen (secondary N) is 2. The van der Waals surface area contributed by atoms with Crippen LogP contribution in [0.4, 0.5) is 5.82 Å². The highest BCUT2D eigenvalue weighted by molar-refractivity contribution is 9.10. The summed E-state index contributed by atoms with van der Waals surface area (Å²) in [7, 11) is -1.91. The van der Waals surface area contributed by atoms with E-state index in [0.29, 0.717) is 16.8 Å². The summed E-state index contributed by atoms with van der Waals surface area (Å²) < 4.78 is 28.0. The first-order valence-electron chi connectivity index (χ1n) is 6.66. The van der Waals surface area contributed by atoms with E-state index in [0.717, 1.165) is 31.1 Å². The Kier molecular flexibility index (Phi) is 6.30. The van der Waals surface area contributed by atoms with Crippen LogP contribution in [0.5, 0.6) is 0 Å². The number of hydrogen-bond acceptors (Lipinski definition) is 6. The molecule has 0 atom stereocenters. The fourth-order valence-corrected chi connectivity index (χ4v) is 4.72. The van der Waals surface area contributed by atoms with Crippen molar-refractivity contribution in [1.29, 1.82) is 0 Å². The van der Waals surface area contributed by atoms with Gasteiger partial charge in [0.25, 0.3) is 0 Å². The van der Waals surface area contributed by atoms with E-state index in [2.05, 4.69) is 35.9 Å². The maximum absolute atomic E-state index is 12.4. The highest BCUT2D eigenvalue weighted by Gasteiger charge is 2.20. The number of sulfonamides is 1. The van der Waals surface area contributed by atoms with Crippen molar-refractivity contribution in [3.05, 3.63) is 16.7 Å². The van der Waals surface area contributed by atoms with E-state index < -0.39 is 10.0 Å². The molecular formula is C12H19BrN4O2S2. The van der Waals surface area contributed by atoms with E-state index in [1.807, 2.05) is 11.8 Å². The summed E-state index contributed by atoms with van der Waals surface area (Å²) in [5.41, 5.74) is 0. The van der Waals surface area contributed by atoms with E-state index in [1.54, 1.807) is 19.3 Å². The predicted molar refractivity (Wildman–Crippen MR) is 90.4 cm³/mol. The average Bonchev–Trinajstić information content (AvgIpc) is 2.48. The third-order valence-corrected chi connectivity index (χ3v) is 6.02. The summed E-state index contributed by atoms with van der Waals surface area (Å²) in [5, 5.41) is 2.80. The minimum atomic E-state index is -3.56. The van der Waals surface area contributed by atoms with Gasteiger partial charge in [0.2, 0.25) is 10.0 Å². The molecule has 1 saturated heterocycles. The lowest BCUT2D eigenvalue weighted by atomic mass is 10.4. The first-order valence-corrected chi connectivity index (χ1v) is 10.1. The monoisotopic (exact) mass is 394 g/mol. The molecule has 1 aromatic rings. The van der Waals surface area contributed by atoms with Gasteiger partial charge in [0.15, 0.2) is 0 Å². The van der Waals surface area contributed by atoms with Crippen molar-refractivity contribution >= 4 is 43.5 Å². The van der Waals surface area contributed by atoms with Crippen LogP contribution in [0.2, 0.25) is 0 Å². The minimum absolute atomic E-state index is 0.161. The van der Waals surface area contributed by atoms with Gasteiger partial charge in [-0.1, -0.05) is 0 Å². The van der Waals surface area contributed by atoms with Crippen LogP contribution in [-0.2, 0) is 10.0 Å². The zero-order valence-electron chi connectivity index (χ0n) is 11.8. The van der Waals surface area contributed by atoms with Gasteiger partial charge in [-0.2, -0.15) is 11.8 Å². The van der Waals surface area contributed by atoms with Crippen LogP contribution < -0.4 is 10.0 Å². The molecule has 1 fully saturated rings. The molecule has 1 aliphatic heterocycles. The molecule has 9 heteroatoms. The second kappa shape index (κ2) is 7.77. The van der Waals surface area contributed by atoms with Gasteiger partial charge in [-0.05, 0) is 22.0 Å². The van der Waals surface area contributed by atoms with Crippen molar-refractivity contribution in [3.63, 3.8) is 0 Å². The van der Waals surface area contributed by atoms with E-state index >= 15 is 0 Å². The fraction of sp³-hybridized carbons (Fsp3) is 0.583. The fourth-order valence-electron chi connectivity index (χ4n) is 2.05. The number of aromatic nitrogens is 1. The molecule has 6 nitrogen and oxygen atoms in total. The van der Waals surface area contributed by atoms with Crippen molar-refractivity contribution in [1.82, 2.24) is 14.6 Å². The number of thioether (sulfide) groups is 1. The lowest BCUT2D eigenvalue weighted by molar-refractivity contribution is 0.307. The molecule has 0 aliphatic carbocycles. The number of hydrogen-bond donors (Lipinski definition) is 2. The number of halogens is 1. The summed E-state index contributed by atoms with van der Waals surface area (Å²) in [6.45, 7) is 3.18. The van der Waals surface area contributed by atoms with Crippen LogP contribution >= 0.6 is 27.7 Å². The smallest absolute Gasteiger partial charge is 0.244 e. The number of anilines is 1. The van der Waals surface area contributed by atoms with Crippen molar-refractivity contribution in [2.75, 3.05) is 50.0 Å². The zero-order valence-corrected chi connectivity index (χ0v) is 15.0. The van der Waals surface area contributed by atoms with Crippen LogP contribution in [0, 0.1) is 0 Å². The lowest BCUT2D eigenvalue weighted by Crippen LogP contribution is -2.39. The molecule has 2 rings (SSSR count). The van der Waals surface area contributed by atoms with Gasteiger partial charge < -0.3 is 10.2 Å². The second-order valence-corrected chi connectivity index (χ2v) is 8.48. The molecule has 0 spiro atoms. The maximum Gasteiger partial charge on any atom is 0.244 e. The molecule has 118 valence electrons. The summed E-state index contributed by atoms with van der Waals surface area (Å²) in [6.07, 6.45) is 1.57. The molecule has 0 radical (unpaired) electrons. The van der Waals surface area contributed by atoms with Gasteiger partial charge in [-0.3, -0.25) is 0 Å². The Balaban J connectivity index is 1.99. The van der Waals surface area contributed by atoms with Crippen LogP contribution in [0.1, 0.15) is 0 Å². The Morgan fingerprint density at radius 3 is 2.81 bits per heavy atom. The normalized spacial score (nSPS) is 16.9. The molecule has 1 aromatic heterocycles. The third kappa shape index (κ3) is 4.82. The van der Waals surface area contributed by atoms with Crippen molar-refractivity contribution in [2.24, 2.45) is 0 Å². The highest BCUT2D eigenvalue weighted by atomic mass is 79.9. The summed E-state index contributed by atoms with van der Waals surface area (Å²) in [4.78, 5) is 6.51. The maximum atomic E-state index is 12.4. The Morgan fingerprint density at radius 2 is 2.14 bits per heavy atom. The van der Waals surface area contributed by atoms with Crippen LogP contribution in [0.15, 0.2) is 21.6 Å². The summed E-state index contributed by atoms with van der Waals surface area (Å²) in [6, 6.07) is 1.55. The number of pyridine rings is 1. The Hall–Kier alpha value is -0.350. The molecule has 0 amide bonds. The molecule has 0 saturated carbocycles. The Morgan fingerprint density at radius 1 is 1.43 bits per heavy atom. The number of nitrogens with zero attached hydrogens (tertiary/aromatic N) is 2. The SMILES string of the molecule is CNc1ncc(Br)cc1S(=O)(=O)NCCN1CCSCC1. The van der Waals surface area contributed by atoms with E-state index in [-0.39, 0.29) is 4.90 Å². The standard InChI is InChI=1S/C12H19BrN4O2S2/c1-14-12-11(8-10(13)9-15-12)21(18,19)16-2-3-17-4-6-20-7-5-17/h8-9,16H,2-7H2,1H3,(H,14,15). The van der Waals surface area contributed by atoms with E-state index in [1.165, 1.54) is 0 Å². The summed E-state index contributed by atoms with van der Waals surface area (Å²) in [5.74, 6) is 2.58. The van der Waals surface area contributed by atoms with E-state index in [9.17, 15) is 8.42 Å². The van der Waals surface area contributed by atoms with Gasteiger partial charge in [0, 0.05) is 55.4 Å². The van der Waals surface area contributed by atoms with Gasteiger partial charge in [0.1, 0.15) is 10.7 Å². The van der Waals surface area contributed by atoms with Gasteiger partial charge in [-0.15, -0.1) is 0 Å². The van der Waals surface area contributed by atoms with Crippen molar-refractivity contribution in [3.8, 4) is 0 Å². The lowest BCUT2D eigenvalue weighted by Gasteiger charge is -2.26. The molecular weight excluding hydrogens is 376 g/mol. The third-order valence-electron chi connectivity index (χ3n) is 3.17. The molecule has 21 heavy (non-hydrogen) atoms. The molecule has 0 unspecified atom stereocenters. The second-order valence-electron chi connectivity index (χ2n) is 4.60. The largest absolute Gasteiger partial charge is 0.372 e. The Labute approximate surface area is 138 Å². The predicted octanol–water partition coefficient (Wildman–Crippen LogP) is 1.21.